The smallest absolute Gasteiger partial charge is 0.238 e. The van der Waals surface area contributed by atoms with Crippen LogP contribution in [0.2, 0.25) is 0 Å². The number of piperazine rings is 1. The standard InChI is InChI=1S/C17H25N5O3/c1-13(22-9-7-21(2)8-10-22)12-18-15(23)5-6-16-19-17(20-25-16)14-4-3-11-24-14/h3-4,11,13H,5-10,12H2,1-2H3,(H,18,23)/t13-/m1/s1. The summed E-state index contributed by atoms with van der Waals surface area (Å²) in [6.07, 6.45) is 2.30. The van der Waals surface area contributed by atoms with E-state index in [4.69, 9.17) is 8.94 Å². The lowest BCUT2D eigenvalue weighted by atomic mass is 10.2. The molecule has 1 aliphatic heterocycles. The Kier molecular flexibility index (Phi) is 5.83. The number of nitrogens with one attached hydrogen (secondary N) is 1. The largest absolute Gasteiger partial charge is 0.461 e. The number of furan rings is 1. The van der Waals surface area contributed by atoms with E-state index in [9.17, 15) is 4.79 Å². The second-order valence-electron chi connectivity index (χ2n) is 6.48. The Morgan fingerprint density at radius 2 is 2.16 bits per heavy atom. The van der Waals surface area contributed by atoms with E-state index in [0.717, 1.165) is 26.2 Å². The summed E-state index contributed by atoms with van der Waals surface area (Å²) in [6, 6.07) is 3.87. The Morgan fingerprint density at radius 3 is 2.88 bits per heavy atom. The summed E-state index contributed by atoms with van der Waals surface area (Å²) in [6.45, 7) is 7.06. The molecule has 25 heavy (non-hydrogen) atoms. The normalized spacial score (nSPS) is 17.5. The lowest BCUT2D eigenvalue weighted by Crippen LogP contribution is -2.51. The molecule has 3 rings (SSSR count). The van der Waals surface area contributed by atoms with Crippen molar-refractivity contribution in [2.24, 2.45) is 0 Å². The van der Waals surface area contributed by atoms with Gasteiger partial charge in [-0.3, -0.25) is 9.69 Å². The average Bonchev–Trinajstić information content (AvgIpc) is 3.29. The van der Waals surface area contributed by atoms with Gasteiger partial charge in [0, 0.05) is 51.6 Å². The van der Waals surface area contributed by atoms with Gasteiger partial charge in [-0.25, -0.2) is 0 Å². The van der Waals surface area contributed by atoms with Gasteiger partial charge in [0.2, 0.25) is 17.6 Å². The summed E-state index contributed by atoms with van der Waals surface area (Å²) in [7, 11) is 2.14. The number of carbonyl (C=O) groups excluding carboxylic acids is 1. The number of nitrogens with zero attached hydrogens (tertiary/aromatic N) is 4. The lowest BCUT2D eigenvalue weighted by molar-refractivity contribution is -0.121. The lowest BCUT2D eigenvalue weighted by Gasteiger charge is -2.36. The molecule has 1 saturated heterocycles. The summed E-state index contributed by atoms with van der Waals surface area (Å²) in [4.78, 5) is 21.0. The van der Waals surface area contributed by atoms with E-state index in [0.29, 0.717) is 42.9 Å². The summed E-state index contributed by atoms with van der Waals surface area (Å²) in [5, 5.41) is 6.85. The third-order valence-corrected chi connectivity index (χ3v) is 4.53. The van der Waals surface area contributed by atoms with Crippen LogP contribution < -0.4 is 5.32 Å². The molecule has 8 heteroatoms. The van der Waals surface area contributed by atoms with Gasteiger partial charge in [0.05, 0.1) is 6.26 Å². The molecule has 1 N–H and O–H groups in total. The summed E-state index contributed by atoms with van der Waals surface area (Å²) in [5.74, 6) is 1.40. The van der Waals surface area contributed by atoms with Crippen molar-refractivity contribution in [3.05, 3.63) is 24.3 Å². The molecule has 2 aromatic rings. The van der Waals surface area contributed by atoms with Crippen molar-refractivity contribution in [3.8, 4) is 11.6 Å². The molecule has 0 unspecified atom stereocenters. The number of likely N-dealkylation sites (N-methyl/N-ethyl adjacent to an activating group) is 1. The zero-order valence-electron chi connectivity index (χ0n) is 14.8. The van der Waals surface area contributed by atoms with Gasteiger partial charge < -0.3 is 19.2 Å². The molecule has 0 radical (unpaired) electrons. The van der Waals surface area contributed by atoms with Gasteiger partial charge in [-0.1, -0.05) is 5.16 Å². The molecule has 0 aliphatic carbocycles. The molecule has 3 heterocycles. The van der Waals surface area contributed by atoms with E-state index < -0.39 is 0 Å². The first kappa shape index (κ1) is 17.6. The second-order valence-corrected chi connectivity index (χ2v) is 6.48. The maximum absolute atomic E-state index is 12.0. The number of carbonyl (C=O) groups is 1. The summed E-state index contributed by atoms with van der Waals surface area (Å²) in [5.41, 5.74) is 0. The zero-order chi connectivity index (χ0) is 17.6. The van der Waals surface area contributed by atoms with Crippen LogP contribution in [0, 0.1) is 0 Å². The fourth-order valence-corrected chi connectivity index (χ4v) is 2.82. The molecule has 1 amide bonds. The van der Waals surface area contributed by atoms with Crippen molar-refractivity contribution in [2.75, 3.05) is 39.8 Å². The van der Waals surface area contributed by atoms with Crippen LogP contribution in [0.15, 0.2) is 27.3 Å². The molecule has 1 atom stereocenters. The number of aryl methyl sites for hydroxylation is 1. The SMILES string of the molecule is C[C@H](CNC(=O)CCc1nc(-c2ccco2)no1)N1CCN(C)CC1. The highest BCUT2D eigenvalue weighted by Crippen LogP contribution is 2.16. The number of aromatic nitrogens is 2. The minimum atomic E-state index is -0.00118. The second kappa shape index (κ2) is 8.26. The van der Waals surface area contributed by atoms with E-state index in [1.54, 1.807) is 18.4 Å². The molecule has 1 aliphatic rings. The van der Waals surface area contributed by atoms with Crippen LogP contribution in [-0.4, -0.2) is 71.7 Å². The molecule has 0 spiro atoms. The Labute approximate surface area is 147 Å². The van der Waals surface area contributed by atoms with Gasteiger partial charge in [-0.05, 0) is 26.1 Å². The van der Waals surface area contributed by atoms with E-state index >= 15 is 0 Å². The number of hydrogen-bond donors (Lipinski definition) is 1. The van der Waals surface area contributed by atoms with Crippen molar-refractivity contribution in [1.29, 1.82) is 0 Å². The first-order chi connectivity index (χ1) is 12.1. The molecule has 0 aromatic carbocycles. The molecule has 8 nitrogen and oxygen atoms in total. The van der Waals surface area contributed by atoms with Gasteiger partial charge in [-0.2, -0.15) is 4.98 Å². The molecule has 1 fully saturated rings. The molecular weight excluding hydrogens is 322 g/mol. The van der Waals surface area contributed by atoms with Gasteiger partial charge in [0.1, 0.15) is 0 Å². The van der Waals surface area contributed by atoms with Gasteiger partial charge in [0.15, 0.2) is 5.76 Å². The molecule has 0 bridgehead atoms. The van der Waals surface area contributed by atoms with Crippen LogP contribution in [0.1, 0.15) is 19.2 Å². The zero-order valence-corrected chi connectivity index (χ0v) is 14.8. The van der Waals surface area contributed by atoms with Crippen LogP contribution in [0.4, 0.5) is 0 Å². The van der Waals surface area contributed by atoms with Crippen LogP contribution >= 0.6 is 0 Å². The average molecular weight is 347 g/mol. The molecule has 2 aromatic heterocycles. The van der Waals surface area contributed by atoms with Crippen molar-refractivity contribution >= 4 is 5.91 Å². The fraction of sp³-hybridized carbons (Fsp3) is 0.588. The van der Waals surface area contributed by atoms with Crippen molar-refractivity contribution in [2.45, 2.75) is 25.8 Å². The number of amides is 1. The van der Waals surface area contributed by atoms with E-state index in [2.05, 4.69) is 39.2 Å². The van der Waals surface area contributed by atoms with Crippen molar-refractivity contribution in [1.82, 2.24) is 25.3 Å². The predicted molar refractivity (Wildman–Crippen MR) is 91.9 cm³/mol. The van der Waals surface area contributed by atoms with Crippen LogP contribution in [0.5, 0.6) is 0 Å². The Morgan fingerprint density at radius 1 is 1.36 bits per heavy atom. The van der Waals surface area contributed by atoms with E-state index in [1.807, 2.05) is 0 Å². The fourth-order valence-electron chi connectivity index (χ4n) is 2.82. The monoisotopic (exact) mass is 347 g/mol. The number of hydrogen-bond acceptors (Lipinski definition) is 7. The summed E-state index contributed by atoms with van der Waals surface area (Å²) < 4.78 is 10.4. The molecule has 136 valence electrons. The first-order valence-corrected chi connectivity index (χ1v) is 8.67. The van der Waals surface area contributed by atoms with E-state index in [-0.39, 0.29) is 5.91 Å². The third-order valence-electron chi connectivity index (χ3n) is 4.53. The predicted octanol–water partition coefficient (Wildman–Crippen LogP) is 1.01. The minimum Gasteiger partial charge on any atom is -0.461 e. The highest BCUT2D eigenvalue weighted by molar-refractivity contribution is 5.76. The third kappa shape index (κ3) is 4.90. The van der Waals surface area contributed by atoms with Crippen LogP contribution in [0.3, 0.4) is 0 Å². The topological polar surface area (TPSA) is 87.6 Å². The maximum Gasteiger partial charge on any atom is 0.238 e. The first-order valence-electron chi connectivity index (χ1n) is 8.67. The van der Waals surface area contributed by atoms with Gasteiger partial charge >= 0.3 is 0 Å². The molecular formula is C17H25N5O3. The minimum absolute atomic E-state index is 0.00118. The van der Waals surface area contributed by atoms with Crippen molar-refractivity contribution < 1.29 is 13.7 Å². The van der Waals surface area contributed by atoms with Gasteiger partial charge in [-0.15, -0.1) is 0 Å². The van der Waals surface area contributed by atoms with Crippen molar-refractivity contribution in [3.63, 3.8) is 0 Å². The highest BCUT2D eigenvalue weighted by Gasteiger charge is 2.19. The molecule has 0 saturated carbocycles. The Hall–Kier alpha value is -2.19. The van der Waals surface area contributed by atoms with Gasteiger partial charge in [0.25, 0.3) is 0 Å². The Balaban J connectivity index is 1.38. The Bertz CT molecular complexity index is 662. The maximum atomic E-state index is 12.0. The number of rotatable bonds is 7. The summed E-state index contributed by atoms with van der Waals surface area (Å²) >= 11 is 0. The highest BCUT2D eigenvalue weighted by atomic mass is 16.5. The van der Waals surface area contributed by atoms with Crippen LogP contribution in [0.25, 0.3) is 11.6 Å². The van der Waals surface area contributed by atoms with Crippen LogP contribution in [-0.2, 0) is 11.2 Å². The quantitative estimate of drug-likeness (QED) is 0.800. The van der Waals surface area contributed by atoms with E-state index in [1.165, 1.54) is 0 Å².